The summed E-state index contributed by atoms with van der Waals surface area (Å²) in [6.07, 6.45) is 1.47. The first-order chi connectivity index (χ1) is 10.9. The number of ether oxygens (including phenoxy) is 1. The second-order valence-corrected chi connectivity index (χ2v) is 5.54. The number of carboxylic acids is 1. The Hall–Kier alpha value is -2.47. The molecule has 122 valence electrons. The summed E-state index contributed by atoms with van der Waals surface area (Å²) >= 11 is 6.02. The summed E-state index contributed by atoms with van der Waals surface area (Å²) in [4.78, 5) is 22.8. The third-order valence-electron chi connectivity index (χ3n) is 3.01. The van der Waals surface area contributed by atoms with Gasteiger partial charge in [-0.15, -0.1) is 0 Å². The smallest absolute Gasteiger partial charge is 0.341 e. The molecule has 0 atom stereocenters. The quantitative estimate of drug-likeness (QED) is 0.837. The normalized spacial score (nSPS) is 10.6. The lowest BCUT2D eigenvalue weighted by Crippen LogP contribution is -2.13. The zero-order valence-electron chi connectivity index (χ0n) is 12.6. The van der Waals surface area contributed by atoms with Gasteiger partial charge in [-0.3, -0.25) is 4.79 Å². The topological polar surface area (TPSA) is 88.8 Å². The van der Waals surface area contributed by atoms with Gasteiger partial charge < -0.3 is 19.6 Å². The van der Waals surface area contributed by atoms with Crippen LogP contribution in [0.3, 0.4) is 0 Å². The molecule has 1 heterocycles. The van der Waals surface area contributed by atoms with E-state index in [-0.39, 0.29) is 22.6 Å². The molecule has 7 heteroatoms. The number of hydrogen-bond acceptors (Lipinski definition) is 4. The summed E-state index contributed by atoms with van der Waals surface area (Å²) in [6, 6.07) is 6.18. The molecule has 2 aromatic rings. The van der Waals surface area contributed by atoms with E-state index in [1.165, 1.54) is 18.4 Å². The minimum absolute atomic E-state index is 0.0844. The number of carboxylic acid groups (broad SMARTS) is 1. The minimum atomic E-state index is -1.10. The van der Waals surface area contributed by atoms with Gasteiger partial charge in [0.05, 0.1) is 16.8 Å². The van der Waals surface area contributed by atoms with Gasteiger partial charge in [-0.2, -0.15) is 0 Å². The number of halogens is 1. The molecular formula is C16H16ClNO5. The van der Waals surface area contributed by atoms with Gasteiger partial charge in [-0.05, 0) is 24.3 Å². The van der Waals surface area contributed by atoms with Crippen LogP contribution in [0, 0.1) is 0 Å². The molecule has 0 aliphatic rings. The summed E-state index contributed by atoms with van der Waals surface area (Å²) in [5, 5.41) is 11.5. The fourth-order valence-electron chi connectivity index (χ4n) is 1.99. The first kappa shape index (κ1) is 16.9. The summed E-state index contributed by atoms with van der Waals surface area (Å²) < 4.78 is 10.3. The van der Waals surface area contributed by atoms with Gasteiger partial charge in [-0.25, -0.2) is 4.79 Å². The predicted octanol–water partition coefficient (Wildman–Crippen LogP) is 3.77. The van der Waals surface area contributed by atoms with Crippen LogP contribution in [0.1, 0.15) is 35.9 Å². The molecule has 23 heavy (non-hydrogen) atoms. The van der Waals surface area contributed by atoms with Gasteiger partial charge in [-0.1, -0.05) is 25.4 Å². The summed E-state index contributed by atoms with van der Waals surface area (Å²) in [5.41, 5.74) is 0.931. The molecule has 0 fully saturated rings. The van der Waals surface area contributed by atoms with Crippen molar-refractivity contribution in [3.63, 3.8) is 0 Å². The molecule has 0 aliphatic carbocycles. The molecule has 0 saturated heterocycles. The van der Waals surface area contributed by atoms with Crippen LogP contribution in [0.2, 0.25) is 5.02 Å². The van der Waals surface area contributed by atoms with Gasteiger partial charge >= 0.3 is 5.97 Å². The van der Waals surface area contributed by atoms with Gasteiger partial charge in [0, 0.05) is 11.6 Å². The number of anilines is 1. The fraction of sp³-hybridized carbons (Fsp3) is 0.250. The van der Waals surface area contributed by atoms with Crippen molar-refractivity contribution in [3.05, 3.63) is 46.9 Å². The van der Waals surface area contributed by atoms with E-state index in [0.717, 1.165) is 0 Å². The lowest BCUT2D eigenvalue weighted by atomic mass is 10.1. The number of aliphatic carboxylic acids is 1. The van der Waals surface area contributed by atoms with Crippen LogP contribution in [0.25, 0.3) is 0 Å². The molecule has 1 aromatic carbocycles. The third-order valence-corrected chi connectivity index (χ3v) is 3.30. The molecule has 0 bridgehead atoms. The Morgan fingerprint density at radius 1 is 1.35 bits per heavy atom. The van der Waals surface area contributed by atoms with Gasteiger partial charge in [0.25, 0.3) is 5.91 Å². The lowest BCUT2D eigenvalue weighted by molar-refractivity contribution is -0.139. The number of amides is 1. The maximum atomic E-state index is 12.3. The van der Waals surface area contributed by atoms with Crippen molar-refractivity contribution in [1.29, 1.82) is 0 Å². The second-order valence-electron chi connectivity index (χ2n) is 5.13. The molecule has 2 rings (SSSR count). The highest BCUT2D eigenvalue weighted by molar-refractivity contribution is 6.32. The fourth-order valence-corrected chi connectivity index (χ4v) is 2.22. The van der Waals surface area contributed by atoms with E-state index in [2.05, 4.69) is 5.32 Å². The van der Waals surface area contributed by atoms with Crippen LogP contribution in [0.5, 0.6) is 5.75 Å². The first-order valence-corrected chi connectivity index (χ1v) is 7.29. The Morgan fingerprint density at radius 3 is 2.70 bits per heavy atom. The van der Waals surface area contributed by atoms with Gasteiger partial charge in [0.1, 0.15) is 11.5 Å². The van der Waals surface area contributed by atoms with Crippen LogP contribution in [-0.2, 0) is 4.79 Å². The average molecular weight is 338 g/mol. The third kappa shape index (κ3) is 4.26. The van der Waals surface area contributed by atoms with E-state index in [4.69, 9.17) is 25.9 Å². The Bertz CT molecular complexity index is 723. The van der Waals surface area contributed by atoms with Crippen LogP contribution >= 0.6 is 11.6 Å². The largest absolute Gasteiger partial charge is 0.480 e. The van der Waals surface area contributed by atoms with E-state index in [9.17, 15) is 9.59 Å². The molecule has 1 aromatic heterocycles. The number of rotatable bonds is 6. The number of carbonyl (C=O) groups is 2. The van der Waals surface area contributed by atoms with Crippen molar-refractivity contribution in [3.8, 4) is 5.75 Å². The van der Waals surface area contributed by atoms with Crippen molar-refractivity contribution < 1.29 is 23.8 Å². The lowest BCUT2D eigenvalue weighted by Gasteiger charge is -2.10. The van der Waals surface area contributed by atoms with Crippen LogP contribution in [0.4, 0.5) is 5.69 Å². The molecule has 6 nitrogen and oxygen atoms in total. The highest BCUT2D eigenvalue weighted by Gasteiger charge is 2.17. The monoisotopic (exact) mass is 337 g/mol. The Balaban J connectivity index is 2.11. The van der Waals surface area contributed by atoms with Crippen molar-refractivity contribution in [2.75, 3.05) is 11.9 Å². The molecule has 0 saturated carbocycles. The van der Waals surface area contributed by atoms with E-state index in [0.29, 0.717) is 17.0 Å². The minimum Gasteiger partial charge on any atom is -0.480 e. The number of furan rings is 1. The average Bonchev–Trinajstić information content (AvgIpc) is 2.96. The Labute approximate surface area is 138 Å². The molecule has 2 N–H and O–H groups in total. The number of benzene rings is 1. The van der Waals surface area contributed by atoms with Gasteiger partial charge in [0.15, 0.2) is 6.61 Å². The molecule has 1 amide bonds. The highest BCUT2D eigenvalue weighted by atomic mass is 35.5. The SMILES string of the molecule is CC(C)c1occc1C(=O)Nc1ccc(OCC(=O)O)c(Cl)c1. The Morgan fingerprint density at radius 2 is 2.09 bits per heavy atom. The van der Waals surface area contributed by atoms with Crippen molar-refractivity contribution in [1.82, 2.24) is 0 Å². The summed E-state index contributed by atoms with van der Waals surface area (Å²) in [6.45, 7) is 3.38. The van der Waals surface area contributed by atoms with Crippen LogP contribution in [0.15, 0.2) is 34.9 Å². The highest BCUT2D eigenvalue weighted by Crippen LogP contribution is 2.28. The van der Waals surface area contributed by atoms with Crippen LogP contribution < -0.4 is 10.1 Å². The predicted molar refractivity (Wildman–Crippen MR) is 85.3 cm³/mol. The van der Waals surface area contributed by atoms with E-state index >= 15 is 0 Å². The molecule has 0 radical (unpaired) electrons. The number of hydrogen-bond donors (Lipinski definition) is 2. The zero-order chi connectivity index (χ0) is 17.0. The van der Waals surface area contributed by atoms with Crippen molar-refractivity contribution >= 4 is 29.2 Å². The summed E-state index contributed by atoms with van der Waals surface area (Å²) in [7, 11) is 0. The van der Waals surface area contributed by atoms with E-state index in [1.54, 1.807) is 12.1 Å². The first-order valence-electron chi connectivity index (χ1n) is 6.91. The maximum absolute atomic E-state index is 12.3. The van der Waals surface area contributed by atoms with E-state index < -0.39 is 12.6 Å². The summed E-state index contributed by atoms with van der Waals surface area (Å²) in [5.74, 6) is -0.480. The Kier molecular flexibility index (Phi) is 5.28. The zero-order valence-corrected chi connectivity index (χ0v) is 13.4. The number of carbonyl (C=O) groups excluding carboxylic acids is 1. The molecule has 0 spiro atoms. The van der Waals surface area contributed by atoms with E-state index in [1.807, 2.05) is 13.8 Å². The number of nitrogens with one attached hydrogen (secondary N) is 1. The van der Waals surface area contributed by atoms with Crippen molar-refractivity contribution in [2.45, 2.75) is 19.8 Å². The van der Waals surface area contributed by atoms with Crippen molar-refractivity contribution in [2.24, 2.45) is 0 Å². The van der Waals surface area contributed by atoms with Gasteiger partial charge in [0.2, 0.25) is 0 Å². The standard InChI is InChI=1S/C16H16ClNO5/c1-9(2)15-11(5-6-22-15)16(21)18-10-3-4-13(12(17)7-10)23-8-14(19)20/h3-7,9H,8H2,1-2H3,(H,18,21)(H,19,20). The second kappa shape index (κ2) is 7.19. The molecular weight excluding hydrogens is 322 g/mol. The van der Waals surface area contributed by atoms with Crippen LogP contribution in [-0.4, -0.2) is 23.6 Å². The maximum Gasteiger partial charge on any atom is 0.341 e. The molecule has 0 aliphatic heterocycles. The molecule has 0 unspecified atom stereocenters.